The lowest BCUT2D eigenvalue weighted by molar-refractivity contribution is -0.153. The minimum absolute atomic E-state index is 0.0207. The van der Waals surface area contributed by atoms with Gasteiger partial charge in [0.2, 0.25) is 0 Å². The molecule has 0 saturated carbocycles. The molecule has 0 aliphatic carbocycles. The summed E-state index contributed by atoms with van der Waals surface area (Å²) in [6.07, 6.45) is 4.45. The lowest BCUT2D eigenvalue weighted by Crippen LogP contribution is -2.53. The van der Waals surface area contributed by atoms with E-state index in [2.05, 4.69) is 65.3 Å². The fraction of sp³-hybridized carbons (Fsp3) is 0.825. The Hall–Kier alpha value is -1.22. The molecule has 0 amide bonds. The number of thiazole rings is 1. The molecule has 4 unspecified atom stereocenters. The summed E-state index contributed by atoms with van der Waals surface area (Å²) < 4.78 is 20.9. The first kappa shape index (κ1) is 44.2. The molecule has 8 atom stereocenters. The lowest BCUT2D eigenvalue weighted by atomic mass is 9.73. The van der Waals surface area contributed by atoms with Gasteiger partial charge in [0.25, 0.3) is 0 Å². The van der Waals surface area contributed by atoms with E-state index in [4.69, 9.17) is 13.6 Å². The smallest absolute Gasteiger partial charge is 0.309 e. The SMILES string of the molecule is CC[Si](CC)(CC)O[C@H]1CC(=O)OC(/C(C)=C/c2csc(C)n2)CC2[C@@H](CCCC(C)[C@H](O[Si](CC)(CC)CC)[C@@H](C)C(=O)C1(C)C)N2CCO. The molecule has 8 nitrogen and oxygen atoms in total. The van der Waals surface area contributed by atoms with Crippen LogP contribution in [0.3, 0.4) is 0 Å². The number of hydrogen-bond donors (Lipinski definition) is 1. The number of carbonyl (C=O) groups is 2. The maximum Gasteiger partial charge on any atom is 0.309 e. The average Bonchev–Trinajstić information content (AvgIpc) is 3.57. The summed E-state index contributed by atoms with van der Waals surface area (Å²) >= 11 is 1.60. The predicted molar refractivity (Wildman–Crippen MR) is 216 cm³/mol. The number of aliphatic hydroxyl groups is 1. The van der Waals surface area contributed by atoms with Crippen LogP contribution in [0.1, 0.15) is 119 Å². The Labute approximate surface area is 316 Å². The molecule has 11 heteroatoms. The molecule has 3 rings (SSSR count). The van der Waals surface area contributed by atoms with E-state index in [1.165, 1.54) is 0 Å². The van der Waals surface area contributed by atoms with Crippen molar-refractivity contribution in [3.05, 3.63) is 21.7 Å². The van der Waals surface area contributed by atoms with Crippen molar-refractivity contribution in [2.24, 2.45) is 17.3 Å². The van der Waals surface area contributed by atoms with Gasteiger partial charge in [-0.1, -0.05) is 75.7 Å². The summed E-state index contributed by atoms with van der Waals surface area (Å²) in [4.78, 5) is 36.2. The van der Waals surface area contributed by atoms with Gasteiger partial charge in [-0.05, 0) is 80.5 Å². The normalized spacial score (nSPS) is 30.2. The summed E-state index contributed by atoms with van der Waals surface area (Å²) in [5, 5.41) is 13.0. The van der Waals surface area contributed by atoms with Crippen molar-refractivity contribution in [1.82, 2.24) is 9.88 Å². The highest BCUT2D eigenvalue weighted by molar-refractivity contribution is 7.09. The van der Waals surface area contributed by atoms with E-state index >= 15 is 0 Å². The van der Waals surface area contributed by atoms with Gasteiger partial charge in [0.05, 0.1) is 35.9 Å². The molecule has 0 aromatic carbocycles. The van der Waals surface area contributed by atoms with E-state index < -0.39 is 34.3 Å². The topological polar surface area (TPSA) is 98.0 Å². The second-order valence-corrected chi connectivity index (χ2v) is 26.7. The van der Waals surface area contributed by atoms with Gasteiger partial charge in [-0.2, -0.15) is 0 Å². The number of ketones is 1. The molecule has 0 bridgehead atoms. The van der Waals surface area contributed by atoms with Gasteiger partial charge >= 0.3 is 5.97 Å². The number of aliphatic hydroxyl groups excluding tert-OH is 1. The number of carbonyl (C=O) groups excluding carboxylic acids is 2. The second-order valence-electron chi connectivity index (χ2n) is 16.2. The monoisotopic (exact) mass is 764 g/mol. The number of nitrogens with zero attached hydrogens (tertiary/aromatic N) is 2. The Morgan fingerprint density at radius 3 is 2.12 bits per heavy atom. The molecule has 1 aromatic heterocycles. The first-order valence-corrected chi connectivity index (χ1v) is 26.1. The first-order chi connectivity index (χ1) is 24.1. The van der Waals surface area contributed by atoms with Gasteiger partial charge in [0.1, 0.15) is 11.9 Å². The van der Waals surface area contributed by atoms with Crippen molar-refractivity contribution < 1.29 is 28.3 Å². The van der Waals surface area contributed by atoms with Crippen molar-refractivity contribution in [1.29, 1.82) is 0 Å². The zero-order valence-corrected chi connectivity index (χ0v) is 37.0. The van der Waals surface area contributed by atoms with Crippen molar-refractivity contribution in [3.63, 3.8) is 0 Å². The van der Waals surface area contributed by atoms with Crippen LogP contribution < -0.4 is 0 Å². The first-order valence-electron chi connectivity index (χ1n) is 20.2. The highest BCUT2D eigenvalue weighted by Gasteiger charge is 2.50. The lowest BCUT2D eigenvalue weighted by Gasteiger charge is -2.44. The standard InChI is InChI=1S/C40H72N2O6SSi2/c1-13-50(14-2,15-3)47-36-26-37(44)46-35(29(8)24-32-27-49-31(10)41-32)25-34-33(42(34)22-23-43)21-19-20-28(7)38(30(9)39(45)40(36,11)12)48-51(16-4,17-5)18-6/h24,27-28,30,33-36,38,43H,13-23,25-26H2,1-12H3/b29-24+/t28?,30-,33-,34?,35?,36+,38+,42?/m1/s1. The molecule has 0 spiro atoms. The quantitative estimate of drug-likeness (QED) is 0.114. The van der Waals surface area contributed by atoms with E-state index in [-0.39, 0.29) is 48.8 Å². The van der Waals surface area contributed by atoms with E-state index in [1.807, 2.05) is 39.2 Å². The van der Waals surface area contributed by atoms with Crippen LogP contribution >= 0.6 is 11.3 Å². The molecule has 3 heterocycles. The van der Waals surface area contributed by atoms with Crippen LogP contribution in [0.2, 0.25) is 36.3 Å². The molecule has 1 aromatic rings. The average molecular weight is 765 g/mol. The van der Waals surface area contributed by atoms with E-state index in [0.717, 1.165) is 71.8 Å². The molecule has 1 N–H and O–H groups in total. The van der Waals surface area contributed by atoms with E-state index in [9.17, 15) is 14.7 Å². The largest absolute Gasteiger partial charge is 0.458 e. The number of aromatic nitrogens is 1. The minimum atomic E-state index is -2.23. The Morgan fingerprint density at radius 1 is 1.00 bits per heavy atom. The summed E-state index contributed by atoms with van der Waals surface area (Å²) in [5.74, 6) is -0.362. The Kier molecular flexibility index (Phi) is 16.8. The zero-order chi connectivity index (χ0) is 38.1. The highest BCUT2D eigenvalue weighted by Crippen LogP contribution is 2.42. The third-order valence-corrected chi connectivity index (χ3v) is 23.0. The van der Waals surface area contributed by atoms with Crippen LogP contribution in [0.5, 0.6) is 0 Å². The summed E-state index contributed by atoms with van der Waals surface area (Å²) in [7, 11) is -4.27. The fourth-order valence-electron chi connectivity index (χ4n) is 8.62. The maximum absolute atomic E-state index is 15.0. The van der Waals surface area contributed by atoms with Crippen molar-refractivity contribution in [3.8, 4) is 0 Å². The van der Waals surface area contributed by atoms with Crippen LogP contribution in [0.25, 0.3) is 6.08 Å². The highest BCUT2D eigenvalue weighted by atomic mass is 32.1. The fourth-order valence-corrected chi connectivity index (χ4v) is 15.2. The Morgan fingerprint density at radius 2 is 1.59 bits per heavy atom. The van der Waals surface area contributed by atoms with Crippen molar-refractivity contribution in [2.75, 3.05) is 13.2 Å². The Balaban J connectivity index is 2.11. The molecular formula is C40H72N2O6SSi2. The molecule has 2 fully saturated rings. The number of hydrogen-bond acceptors (Lipinski definition) is 9. The van der Waals surface area contributed by atoms with E-state index in [1.54, 1.807) is 11.3 Å². The van der Waals surface area contributed by atoms with Crippen molar-refractivity contribution in [2.45, 2.75) is 182 Å². The third-order valence-electron chi connectivity index (χ3n) is 12.9. The van der Waals surface area contributed by atoms with Crippen LogP contribution in [0.15, 0.2) is 11.0 Å². The third kappa shape index (κ3) is 10.9. The van der Waals surface area contributed by atoms with Crippen LogP contribution in [-0.2, 0) is 23.2 Å². The summed E-state index contributed by atoms with van der Waals surface area (Å²) in [6, 6.07) is 6.39. The van der Waals surface area contributed by atoms with Crippen LogP contribution in [-0.4, -0.2) is 86.9 Å². The number of cyclic esters (lactones) is 1. The van der Waals surface area contributed by atoms with E-state index in [0.29, 0.717) is 19.0 Å². The molecular weight excluding hydrogens is 693 g/mol. The maximum atomic E-state index is 15.0. The molecule has 292 valence electrons. The van der Waals surface area contributed by atoms with Gasteiger partial charge in [-0.3, -0.25) is 14.5 Å². The van der Waals surface area contributed by atoms with Gasteiger partial charge in [0, 0.05) is 41.8 Å². The summed E-state index contributed by atoms with van der Waals surface area (Å²) in [6.45, 7) is 26.4. The van der Waals surface area contributed by atoms with Gasteiger partial charge in [0.15, 0.2) is 16.6 Å². The minimum Gasteiger partial charge on any atom is -0.458 e. The number of Topliss-reactive ketones (excluding diaryl/α,β-unsaturated/α-hetero) is 1. The van der Waals surface area contributed by atoms with Gasteiger partial charge in [-0.25, -0.2) is 4.98 Å². The van der Waals surface area contributed by atoms with Crippen molar-refractivity contribution >= 4 is 45.8 Å². The number of rotatable bonds is 14. The number of ether oxygens (including phenoxy) is 1. The molecule has 51 heavy (non-hydrogen) atoms. The summed E-state index contributed by atoms with van der Waals surface area (Å²) in [5.41, 5.74) is 0.896. The molecule has 0 radical (unpaired) electrons. The van der Waals surface area contributed by atoms with Crippen LogP contribution in [0, 0.1) is 24.2 Å². The zero-order valence-electron chi connectivity index (χ0n) is 34.2. The van der Waals surface area contributed by atoms with Gasteiger partial charge in [-0.15, -0.1) is 11.3 Å². The second kappa shape index (κ2) is 19.4. The van der Waals surface area contributed by atoms with Crippen LogP contribution in [0.4, 0.5) is 0 Å². The number of β-amino-alcohol motifs (C(OH)–C–C–N with tert-alkyl or cyclic N) is 1. The van der Waals surface area contributed by atoms with Gasteiger partial charge < -0.3 is 18.7 Å². The molecule has 2 aliphatic rings. The number of esters is 1. The number of aryl methyl sites for hydroxylation is 1. The molecule has 2 aliphatic heterocycles. The predicted octanol–water partition coefficient (Wildman–Crippen LogP) is 9.42. The Bertz CT molecular complexity index is 1280. The number of fused-ring (bicyclic) bond motifs is 1. The molecule has 2 saturated heterocycles.